The molecule has 1 aromatic carbocycles. The van der Waals surface area contributed by atoms with Gasteiger partial charge in [-0.05, 0) is 37.1 Å². The van der Waals surface area contributed by atoms with Crippen LogP contribution in [0.3, 0.4) is 0 Å². The first-order valence-electron chi connectivity index (χ1n) is 8.11. The summed E-state index contributed by atoms with van der Waals surface area (Å²) >= 11 is 12.2. The Morgan fingerprint density at radius 3 is 2.76 bits per heavy atom. The van der Waals surface area contributed by atoms with Crippen molar-refractivity contribution in [2.24, 2.45) is 0 Å². The van der Waals surface area contributed by atoms with Gasteiger partial charge in [0.15, 0.2) is 0 Å². The Kier molecular flexibility index (Phi) is 5.96. The number of hydrogen-bond acceptors (Lipinski definition) is 5. The molecule has 1 saturated heterocycles. The molecule has 0 bridgehead atoms. The van der Waals surface area contributed by atoms with Crippen molar-refractivity contribution < 1.29 is 9.84 Å². The topological polar surface area (TPSA) is 67.6 Å². The minimum Gasteiger partial charge on any atom is -0.394 e. The van der Waals surface area contributed by atoms with E-state index in [0.29, 0.717) is 29.5 Å². The van der Waals surface area contributed by atoms with E-state index in [4.69, 9.17) is 33.0 Å². The number of anilines is 1. The number of aliphatic hydroxyl groups excluding tert-OH is 1. The van der Waals surface area contributed by atoms with E-state index in [2.05, 4.69) is 5.10 Å². The van der Waals surface area contributed by atoms with Crippen molar-refractivity contribution in [1.82, 2.24) is 9.78 Å². The molecule has 0 saturated carbocycles. The summed E-state index contributed by atoms with van der Waals surface area (Å²) in [4.78, 5) is 14.6. The average Bonchev–Trinajstić information content (AvgIpc) is 2.63. The summed E-state index contributed by atoms with van der Waals surface area (Å²) in [5, 5.41) is 13.9. The fraction of sp³-hybridized carbons (Fsp3) is 0.412. The smallest absolute Gasteiger partial charge is 0.292 e. The van der Waals surface area contributed by atoms with E-state index in [0.717, 1.165) is 19.4 Å². The van der Waals surface area contributed by atoms with E-state index in [9.17, 15) is 4.79 Å². The average molecular weight is 384 g/mol. The summed E-state index contributed by atoms with van der Waals surface area (Å²) < 4.78 is 6.86. The van der Waals surface area contributed by atoms with Crippen LogP contribution >= 0.6 is 23.2 Å². The van der Waals surface area contributed by atoms with Crippen LogP contribution in [0.25, 0.3) is 5.69 Å². The maximum absolute atomic E-state index is 12.6. The molecule has 1 aromatic heterocycles. The number of halogens is 2. The number of ether oxygens (including phenoxy) is 1. The Balaban J connectivity index is 1.85. The van der Waals surface area contributed by atoms with Gasteiger partial charge in [0.05, 0.1) is 36.9 Å². The minimum atomic E-state index is -0.375. The molecule has 0 spiro atoms. The third-order valence-electron chi connectivity index (χ3n) is 4.14. The number of nitrogens with zero attached hydrogens (tertiary/aromatic N) is 3. The van der Waals surface area contributed by atoms with Crippen molar-refractivity contribution in [1.29, 1.82) is 0 Å². The van der Waals surface area contributed by atoms with Crippen molar-refractivity contribution in [2.75, 3.05) is 31.2 Å². The standard InChI is InChI=1S/C17H19Cl2N3O3/c18-12-3-5-13(6-4-12)22-17(24)16(19)15(10-20-22)21-7-1-2-14(11-21)25-9-8-23/h3-6,10,14,23H,1-2,7-9,11H2. The van der Waals surface area contributed by atoms with Gasteiger partial charge in [-0.3, -0.25) is 4.79 Å². The molecule has 1 aliphatic rings. The van der Waals surface area contributed by atoms with E-state index in [1.807, 2.05) is 4.90 Å². The number of piperidine rings is 1. The molecule has 25 heavy (non-hydrogen) atoms. The van der Waals surface area contributed by atoms with Crippen LogP contribution in [0.15, 0.2) is 35.3 Å². The van der Waals surface area contributed by atoms with Gasteiger partial charge in [0.25, 0.3) is 5.56 Å². The van der Waals surface area contributed by atoms with Crippen molar-refractivity contribution >= 4 is 28.9 Å². The molecule has 134 valence electrons. The van der Waals surface area contributed by atoms with Crippen LogP contribution in [0.4, 0.5) is 5.69 Å². The maximum atomic E-state index is 12.6. The van der Waals surface area contributed by atoms with Crippen LogP contribution in [0.1, 0.15) is 12.8 Å². The minimum absolute atomic E-state index is 0.00402. The molecule has 1 aliphatic heterocycles. The Morgan fingerprint density at radius 2 is 2.04 bits per heavy atom. The van der Waals surface area contributed by atoms with Crippen molar-refractivity contribution in [3.05, 3.63) is 50.9 Å². The Hall–Kier alpha value is -1.60. The lowest BCUT2D eigenvalue weighted by atomic mass is 10.1. The highest BCUT2D eigenvalue weighted by molar-refractivity contribution is 6.33. The summed E-state index contributed by atoms with van der Waals surface area (Å²) in [6.07, 6.45) is 3.46. The van der Waals surface area contributed by atoms with Crippen molar-refractivity contribution in [3.63, 3.8) is 0 Å². The van der Waals surface area contributed by atoms with E-state index >= 15 is 0 Å². The Bertz CT molecular complexity index is 780. The van der Waals surface area contributed by atoms with Crippen LogP contribution in [0.5, 0.6) is 0 Å². The number of rotatable bonds is 5. The molecule has 1 fully saturated rings. The molecule has 8 heteroatoms. The first-order chi connectivity index (χ1) is 12.1. The lowest BCUT2D eigenvalue weighted by Gasteiger charge is -2.34. The molecule has 0 amide bonds. The van der Waals surface area contributed by atoms with E-state index in [-0.39, 0.29) is 23.3 Å². The van der Waals surface area contributed by atoms with Gasteiger partial charge >= 0.3 is 0 Å². The molecule has 2 aromatic rings. The van der Waals surface area contributed by atoms with Crippen LogP contribution in [-0.4, -0.2) is 47.3 Å². The predicted molar refractivity (Wildman–Crippen MR) is 98.1 cm³/mol. The lowest BCUT2D eigenvalue weighted by molar-refractivity contribution is 0.0214. The number of hydrogen-bond donors (Lipinski definition) is 1. The zero-order valence-electron chi connectivity index (χ0n) is 13.6. The fourth-order valence-corrected chi connectivity index (χ4v) is 3.30. The lowest BCUT2D eigenvalue weighted by Crippen LogP contribution is -2.41. The van der Waals surface area contributed by atoms with Gasteiger partial charge in [0.1, 0.15) is 5.02 Å². The van der Waals surface area contributed by atoms with Crippen LogP contribution < -0.4 is 10.5 Å². The zero-order chi connectivity index (χ0) is 17.8. The third kappa shape index (κ3) is 4.15. The first-order valence-corrected chi connectivity index (χ1v) is 8.87. The highest BCUT2D eigenvalue weighted by Gasteiger charge is 2.24. The quantitative estimate of drug-likeness (QED) is 0.858. The second-order valence-corrected chi connectivity index (χ2v) is 6.66. The second-order valence-electron chi connectivity index (χ2n) is 5.84. The molecular weight excluding hydrogens is 365 g/mol. The Morgan fingerprint density at radius 1 is 1.28 bits per heavy atom. The second kappa shape index (κ2) is 8.19. The molecule has 0 aliphatic carbocycles. The van der Waals surface area contributed by atoms with Crippen LogP contribution in [0, 0.1) is 0 Å². The van der Waals surface area contributed by atoms with Gasteiger partial charge in [-0.2, -0.15) is 9.78 Å². The maximum Gasteiger partial charge on any atom is 0.292 e. The first kappa shape index (κ1) is 18.2. The molecule has 1 N–H and O–H groups in total. The summed E-state index contributed by atoms with van der Waals surface area (Å²) in [5.41, 5.74) is 0.833. The van der Waals surface area contributed by atoms with Crippen molar-refractivity contribution in [2.45, 2.75) is 18.9 Å². The number of aromatic nitrogens is 2. The van der Waals surface area contributed by atoms with Gasteiger partial charge in [-0.15, -0.1) is 0 Å². The molecule has 6 nitrogen and oxygen atoms in total. The van der Waals surface area contributed by atoms with Crippen molar-refractivity contribution in [3.8, 4) is 5.69 Å². The van der Waals surface area contributed by atoms with Crippen LogP contribution in [0.2, 0.25) is 10.0 Å². The monoisotopic (exact) mass is 383 g/mol. The van der Waals surface area contributed by atoms with Crippen LogP contribution in [-0.2, 0) is 4.74 Å². The van der Waals surface area contributed by atoms with Gasteiger partial charge in [-0.25, -0.2) is 0 Å². The zero-order valence-corrected chi connectivity index (χ0v) is 15.1. The predicted octanol–water partition coefficient (Wildman–Crippen LogP) is 2.52. The van der Waals surface area contributed by atoms with E-state index in [1.165, 1.54) is 4.68 Å². The fourth-order valence-electron chi connectivity index (χ4n) is 2.92. The van der Waals surface area contributed by atoms with Gasteiger partial charge in [0, 0.05) is 18.1 Å². The third-order valence-corrected chi connectivity index (χ3v) is 4.74. The highest BCUT2D eigenvalue weighted by atomic mass is 35.5. The highest BCUT2D eigenvalue weighted by Crippen LogP contribution is 2.26. The molecule has 1 unspecified atom stereocenters. The van der Waals surface area contributed by atoms with E-state index < -0.39 is 0 Å². The summed E-state index contributed by atoms with van der Waals surface area (Å²) in [6, 6.07) is 6.82. The normalized spacial score (nSPS) is 17.7. The molecule has 1 atom stereocenters. The molecule has 0 radical (unpaired) electrons. The summed E-state index contributed by atoms with van der Waals surface area (Å²) in [6.45, 7) is 1.70. The molecule has 2 heterocycles. The molecule has 3 rings (SSSR count). The largest absolute Gasteiger partial charge is 0.394 e. The summed E-state index contributed by atoms with van der Waals surface area (Å²) in [7, 11) is 0. The number of benzene rings is 1. The SMILES string of the molecule is O=c1c(Cl)c(N2CCCC(OCCO)C2)cnn1-c1ccc(Cl)cc1. The Labute approximate surface area is 155 Å². The van der Waals surface area contributed by atoms with Gasteiger partial charge < -0.3 is 14.7 Å². The summed E-state index contributed by atoms with van der Waals surface area (Å²) in [5.74, 6) is 0. The van der Waals surface area contributed by atoms with E-state index in [1.54, 1.807) is 30.5 Å². The number of aliphatic hydroxyl groups is 1. The van der Waals surface area contributed by atoms with Gasteiger partial charge in [-0.1, -0.05) is 23.2 Å². The molecular formula is C17H19Cl2N3O3. The van der Waals surface area contributed by atoms with Gasteiger partial charge in [0.2, 0.25) is 0 Å².